The highest BCUT2D eigenvalue weighted by atomic mass is 16.6. The van der Waals surface area contributed by atoms with Crippen LogP contribution in [0.5, 0.6) is 0 Å². The molecule has 0 spiro atoms. The summed E-state index contributed by atoms with van der Waals surface area (Å²) in [5, 5.41) is 26.7. The number of carboxylic acids is 2. The highest BCUT2D eigenvalue weighted by molar-refractivity contribution is 5.89. The summed E-state index contributed by atoms with van der Waals surface area (Å²) in [6.45, 7) is 21.6. The molecule has 0 fully saturated rings. The summed E-state index contributed by atoms with van der Waals surface area (Å²) < 4.78 is 33.4. The van der Waals surface area contributed by atoms with Crippen LogP contribution in [0, 0.1) is 34.0 Å². The van der Waals surface area contributed by atoms with E-state index in [4.69, 9.17) is 28.4 Å². The molecule has 22 nitrogen and oxygen atoms in total. The van der Waals surface area contributed by atoms with Crippen molar-refractivity contribution in [3.8, 4) is 0 Å². The van der Waals surface area contributed by atoms with Gasteiger partial charge in [-0.25, -0.2) is 0 Å². The van der Waals surface area contributed by atoms with E-state index in [2.05, 4.69) is 52.2 Å². The Morgan fingerprint density at radius 2 is 0.667 bits per heavy atom. The first-order valence-electron chi connectivity index (χ1n) is 45.8. The van der Waals surface area contributed by atoms with E-state index in [9.17, 15) is 58.2 Å². The second-order valence-corrected chi connectivity index (χ2v) is 34.5. The minimum Gasteiger partial charge on any atom is -0.481 e. The number of hydrogen-bond acceptors (Lipinski definition) is 18. The van der Waals surface area contributed by atoms with Crippen molar-refractivity contribution in [2.75, 3.05) is 87.4 Å². The normalized spacial score (nSPS) is 13.2. The molecule has 0 aliphatic heterocycles. The van der Waals surface area contributed by atoms with Gasteiger partial charge >= 0.3 is 47.8 Å². The summed E-state index contributed by atoms with van der Waals surface area (Å²) in [6.07, 6.45) is 45.9. The number of carboxylic acid groups (broad SMARTS) is 2. The van der Waals surface area contributed by atoms with Gasteiger partial charge in [0.15, 0.2) is 6.10 Å². The van der Waals surface area contributed by atoms with Crippen LogP contribution in [-0.2, 0) is 76.4 Å². The van der Waals surface area contributed by atoms with E-state index in [1.165, 1.54) is 135 Å². The Bertz CT molecular complexity index is 2470. The molecule has 2 amide bonds. The molecule has 0 aromatic heterocycles. The summed E-state index contributed by atoms with van der Waals surface area (Å²) in [4.78, 5) is 134. The maximum Gasteiger partial charge on any atom is 0.310 e. The number of carbonyl (C=O) groups excluding carboxylic acids is 8. The molecular weight excluding hydrogens is 1450 g/mol. The fourth-order valence-corrected chi connectivity index (χ4v) is 14.7. The molecule has 0 aliphatic rings. The Labute approximate surface area is 693 Å². The zero-order valence-corrected chi connectivity index (χ0v) is 75.3. The molecule has 0 heterocycles. The average molecular weight is 1620 g/mol. The van der Waals surface area contributed by atoms with Crippen molar-refractivity contribution < 1.29 is 86.6 Å². The lowest BCUT2D eigenvalue weighted by atomic mass is 9.57. The fourth-order valence-electron chi connectivity index (χ4n) is 14.7. The van der Waals surface area contributed by atoms with E-state index in [1.54, 1.807) is 27.7 Å². The van der Waals surface area contributed by atoms with Gasteiger partial charge in [-0.15, -0.1) is 0 Å². The predicted octanol–water partition coefficient (Wildman–Crippen LogP) is 20.4. The number of nitrogens with one attached hydrogen (secondary N) is 2. The van der Waals surface area contributed by atoms with E-state index in [0.717, 1.165) is 135 Å². The second-order valence-electron chi connectivity index (χ2n) is 34.5. The predicted molar refractivity (Wildman–Crippen MR) is 458 cm³/mol. The third kappa shape index (κ3) is 61.9. The number of nitrogens with zero attached hydrogens (tertiary/aromatic N) is 2. The monoisotopic (exact) mass is 1620 g/mol. The molecule has 0 rings (SSSR count). The number of esters is 6. The van der Waals surface area contributed by atoms with Crippen LogP contribution in [0.2, 0.25) is 0 Å². The molecule has 114 heavy (non-hydrogen) atoms. The SMILES string of the molecule is CCCCCCCCCCCOC(=O)CCNC(=O)[C@H](C(C)(C)COC(=O)CCN(C)C)C(CCC(=O)O)(CC(CCCCCC)CCCCCCCC)C(=O)O.CCCCCCCCCCCOC(=O)CCNC(=O)[C@H](OC(=O)CCCC(=O)OCC(CCCCCC)CCCCCCCC)C(C)(C)COC(=O)CCN(C)C. The zero-order valence-electron chi connectivity index (χ0n) is 75.3. The number of hydrogen-bond donors (Lipinski definition) is 4. The maximum atomic E-state index is 14.5. The second kappa shape index (κ2) is 72.8. The van der Waals surface area contributed by atoms with Crippen LogP contribution in [0.25, 0.3) is 0 Å². The first kappa shape index (κ1) is 111. The van der Waals surface area contributed by atoms with E-state index >= 15 is 0 Å². The van der Waals surface area contributed by atoms with Crippen molar-refractivity contribution >= 4 is 59.6 Å². The van der Waals surface area contributed by atoms with Gasteiger partial charge in [-0.05, 0) is 85.0 Å². The van der Waals surface area contributed by atoms with Crippen molar-refractivity contribution in [3.05, 3.63) is 0 Å². The summed E-state index contributed by atoms with van der Waals surface area (Å²) in [5.74, 6) is -7.23. The van der Waals surface area contributed by atoms with Crippen molar-refractivity contribution in [1.29, 1.82) is 0 Å². The van der Waals surface area contributed by atoms with Crippen molar-refractivity contribution in [2.45, 2.75) is 409 Å². The van der Waals surface area contributed by atoms with E-state index < -0.39 is 88.3 Å². The molecule has 22 heteroatoms. The third-order valence-corrected chi connectivity index (χ3v) is 21.8. The van der Waals surface area contributed by atoms with Crippen LogP contribution in [0.4, 0.5) is 0 Å². The Morgan fingerprint density at radius 1 is 0.342 bits per heavy atom. The summed E-state index contributed by atoms with van der Waals surface area (Å²) >= 11 is 0. The highest BCUT2D eigenvalue weighted by Crippen LogP contribution is 2.50. The van der Waals surface area contributed by atoms with Crippen molar-refractivity contribution in [2.24, 2.45) is 34.0 Å². The van der Waals surface area contributed by atoms with Gasteiger partial charge in [0.25, 0.3) is 5.91 Å². The lowest BCUT2D eigenvalue weighted by molar-refractivity contribution is -0.170. The van der Waals surface area contributed by atoms with Gasteiger partial charge in [0.1, 0.15) is 6.61 Å². The van der Waals surface area contributed by atoms with Crippen LogP contribution >= 0.6 is 0 Å². The van der Waals surface area contributed by atoms with E-state index in [0.29, 0.717) is 38.8 Å². The minimum absolute atomic E-state index is 0.00642. The summed E-state index contributed by atoms with van der Waals surface area (Å²) in [6, 6.07) is 0. The van der Waals surface area contributed by atoms with Gasteiger partial charge in [-0.2, -0.15) is 0 Å². The van der Waals surface area contributed by atoms with Crippen molar-refractivity contribution in [1.82, 2.24) is 20.4 Å². The quantitative estimate of drug-likeness (QED) is 0.0250. The molecule has 0 aliphatic carbocycles. The molecule has 0 bridgehead atoms. The first-order chi connectivity index (χ1) is 54.5. The van der Waals surface area contributed by atoms with Gasteiger partial charge in [-0.3, -0.25) is 47.9 Å². The number of unbranched alkanes of at least 4 members (excludes halogenated alkanes) is 32. The minimum atomic E-state index is -1.77. The smallest absolute Gasteiger partial charge is 0.310 e. The van der Waals surface area contributed by atoms with E-state index in [-0.39, 0.29) is 96.0 Å². The standard InChI is InChI=1S/2C46H86N2O9/c1-8-11-14-17-19-20-21-23-26-36-54-41(50)32-34-47-45(53)44(46(4,5)38-56-42(51)33-35-48(6)7)57-43(52)31-27-30-40(49)55-37-39(28-24-16-13-10-3)29-25-22-18-15-12-9-2;1-8-11-14-17-19-20-21-23-26-35-56-40(51)30-33-47-43(53)42(45(4,5)37-57-41(52)31-34-48(6)7)46(44(54)55,32-29-39(49)50)36-38(27-24-16-13-10-3)28-25-22-18-15-12-9-2/h39,44H,8-38H2,1-7H3,(H,47,53);38,42H,8-37H2,1-7H3,(H,47,53)(H,49,50)(H,54,55)/t39?,44-;38?,42-,46?/m01/s1. The van der Waals surface area contributed by atoms with Gasteiger partial charge < -0.3 is 59.1 Å². The van der Waals surface area contributed by atoms with Crippen LogP contribution in [0.1, 0.15) is 403 Å². The average Bonchev–Trinajstić information content (AvgIpc) is 0.755. The molecular formula is C92H172N4O18. The lowest BCUT2D eigenvalue weighted by Crippen LogP contribution is -2.55. The molecule has 0 saturated heterocycles. The third-order valence-electron chi connectivity index (χ3n) is 21.8. The molecule has 4 N–H and O–H groups in total. The summed E-state index contributed by atoms with van der Waals surface area (Å²) in [7, 11) is 7.40. The van der Waals surface area contributed by atoms with Gasteiger partial charge in [0.2, 0.25) is 5.91 Å². The molecule has 0 radical (unpaired) electrons. The lowest BCUT2D eigenvalue weighted by Gasteiger charge is -2.46. The molecule has 668 valence electrons. The Morgan fingerprint density at radius 3 is 1.04 bits per heavy atom. The molecule has 0 saturated carbocycles. The van der Waals surface area contributed by atoms with E-state index in [1.807, 2.05) is 38.0 Å². The molecule has 3 unspecified atom stereocenters. The number of aliphatic carboxylic acids is 2. The van der Waals surface area contributed by atoms with Crippen molar-refractivity contribution in [3.63, 3.8) is 0 Å². The Hall–Kier alpha value is -5.38. The van der Waals surface area contributed by atoms with Crippen LogP contribution < -0.4 is 10.6 Å². The van der Waals surface area contributed by atoms with Crippen LogP contribution in [0.15, 0.2) is 0 Å². The largest absolute Gasteiger partial charge is 0.481 e. The number of ether oxygens (including phenoxy) is 6. The Balaban J connectivity index is 0. The maximum absolute atomic E-state index is 14.5. The molecule has 0 aromatic rings. The fraction of sp³-hybridized carbons (Fsp3) is 0.891. The topological polar surface area (TPSA) is 297 Å². The number of amides is 2. The zero-order chi connectivity index (χ0) is 85.5. The van der Waals surface area contributed by atoms with Gasteiger partial charge in [0, 0.05) is 56.3 Å². The highest BCUT2D eigenvalue weighted by Gasteiger charge is 2.56. The molecule has 0 aromatic carbocycles. The van der Waals surface area contributed by atoms with Gasteiger partial charge in [0.05, 0.1) is 63.4 Å². The van der Waals surface area contributed by atoms with Gasteiger partial charge in [-0.1, -0.05) is 313 Å². The van der Waals surface area contributed by atoms with Crippen LogP contribution in [0.3, 0.4) is 0 Å². The number of rotatable bonds is 78. The summed E-state index contributed by atoms with van der Waals surface area (Å²) in [5.41, 5.74) is -4.04. The Kier molecular flexibility index (Phi) is 70.7. The first-order valence-corrected chi connectivity index (χ1v) is 45.8. The number of carbonyl (C=O) groups is 10. The molecule has 5 atom stereocenters. The van der Waals surface area contributed by atoms with Crippen LogP contribution in [-0.4, -0.2) is 173 Å².